The predicted octanol–water partition coefficient (Wildman–Crippen LogP) is 2.55. The minimum atomic E-state index is -0.375. The summed E-state index contributed by atoms with van der Waals surface area (Å²) in [6.07, 6.45) is 4.57. The van der Waals surface area contributed by atoms with Crippen LogP contribution in [0.2, 0.25) is 0 Å². The zero-order valence-electron chi connectivity index (χ0n) is 16.2. The molecule has 144 valence electrons. The summed E-state index contributed by atoms with van der Waals surface area (Å²) in [5.74, 6) is 0.117. The Morgan fingerprint density at radius 1 is 1.22 bits per heavy atom. The fourth-order valence-electron chi connectivity index (χ4n) is 3.31. The van der Waals surface area contributed by atoms with Gasteiger partial charge in [0.2, 0.25) is 11.8 Å². The number of nitrogens with zero attached hydrogens (tertiary/aromatic N) is 4. The lowest BCUT2D eigenvalue weighted by atomic mass is 9.90. The van der Waals surface area contributed by atoms with Crippen LogP contribution >= 0.6 is 0 Å². The number of likely N-dealkylation sites (tertiary alicyclic amines) is 1. The number of benzene rings is 1. The van der Waals surface area contributed by atoms with Crippen LogP contribution in [0, 0.1) is 11.3 Å². The first kappa shape index (κ1) is 19.1. The first-order valence-corrected chi connectivity index (χ1v) is 9.34. The number of piperidine rings is 1. The third-order valence-electron chi connectivity index (χ3n) is 4.80. The average molecular weight is 369 g/mol. The molecule has 1 saturated heterocycles. The van der Waals surface area contributed by atoms with E-state index in [1.807, 2.05) is 49.9 Å². The maximum absolute atomic E-state index is 12.6. The quantitative estimate of drug-likeness (QED) is 0.898. The Morgan fingerprint density at radius 2 is 1.96 bits per heavy atom. The fraction of sp³-hybridized carbons (Fsp3) is 0.500. The lowest BCUT2D eigenvalue weighted by molar-refractivity contribution is -0.142. The molecule has 0 unspecified atom stereocenters. The Bertz CT molecular complexity index is 787. The van der Waals surface area contributed by atoms with Gasteiger partial charge in [-0.25, -0.2) is 9.67 Å². The SMILES string of the molecule is CC(C)(C)C(=O)N1CCC(C(=O)Nc2cccc(Cn3cncn3)c2)CC1. The normalized spacial score (nSPS) is 15.6. The van der Waals surface area contributed by atoms with Crippen molar-refractivity contribution in [3.05, 3.63) is 42.5 Å². The van der Waals surface area contributed by atoms with Crippen LogP contribution in [-0.2, 0) is 16.1 Å². The van der Waals surface area contributed by atoms with Gasteiger partial charge in [0.25, 0.3) is 0 Å². The summed E-state index contributed by atoms with van der Waals surface area (Å²) in [5, 5.41) is 7.12. The molecular formula is C20H27N5O2. The maximum Gasteiger partial charge on any atom is 0.227 e. The molecular weight excluding hydrogens is 342 g/mol. The molecule has 1 fully saturated rings. The van der Waals surface area contributed by atoms with Gasteiger partial charge in [0.1, 0.15) is 12.7 Å². The highest BCUT2D eigenvalue weighted by Gasteiger charge is 2.32. The smallest absolute Gasteiger partial charge is 0.227 e. The van der Waals surface area contributed by atoms with E-state index >= 15 is 0 Å². The third kappa shape index (κ3) is 4.93. The number of rotatable bonds is 4. The minimum absolute atomic E-state index is 0.0239. The predicted molar refractivity (Wildman–Crippen MR) is 103 cm³/mol. The molecule has 2 aromatic rings. The zero-order valence-corrected chi connectivity index (χ0v) is 16.2. The van der Waals surface area contributed by atoms with Crippen molar-refractivity contribution in [2.75, 3.05) is 18.4 Å². The van der Waals surface area contributed by atoms with Crippen molar-refractivity contribution in [2.45, 2.75) is 40.2 Å². The van der Waals surface area contributed by atoms with Gasteiger partial charge in [-0.2, -0.15) is 5.10 Å². The Balaban J connectivity index is 1.55. The molecule has 2 amide bonds. The van der Waals surface area contributed by atoms with Crippen molar-refractivity contribution < 1.29 is 9.59 Å². The number of aromatic nitrogens is 3. The van der Waals surface area contributed by atoms with Gasteiger partial charge in [-0.1, -0.05) is 32.9 Å². The van der Waals surface area contributed by atoms with Crippen molar-refractivity contribution in [3.63, 3.8) is 0 Å². The molecule has 0 bridgehead atoms. The number of anilines is 1. The van der Waals surface area contributed by atoms with Crippen molar-refractivity contribution in [1.29, 1.82) is 0 Å². The summed E-state index contributed by atoms with van der Waals surface area (Å²) in [7, 11) is 0. The van der Waals surface area contributed by atoms with E-state index in [1.54, 1.807) is 11.0 Å². The molecule has 1 aliphatic rings. The van der Waals surface area contributed by atoms with Crippen LogP contribution in [0.1, 0.15) is 39.2 Å². The van der Waals surface area contributed by atoms with Crippen molar-refractivity contribution in [2.24, 2.45) is 11.3 Å². The number of carbonyl (C=O) groups excluding carboxylic acids is 2. The Kier molecular flexibility index (Phi) is 5.58. The molecule has 2 heterocycles. The van der Waals surface area contributed by atoms with E-state index in [0.29, 0.717) is 32.5 Å². The molecule has 7 heteroatoms. The zero-order chi connectivity index (χ0) is 19.4. The number of amides is 2. The van der Waals surface area contributed by atoms with Gasteiger partial charge in [0, 0.05) is 30.1 Å². The standard InChI is InChI=1S/C20H27N5O2/c1-20(2,3)19(27)24-9-7-16(8-10-24)18(26)23-17-6-4-5-15(11-17)12-25-14-21-13-22-25/h4-6,11,13-14,16H,7-10,12H2,1-3H3,(H,23,26). The minimum Gasteiger partial charge on any atom is -0.342 e. The highest BCUT2D eigenvalue weighted by molar-refractivity contribution is 5.93. The number of nitrogens with one attached hydrogen (secondary N) is 1. The monoisotopic (exact) mass is 369 g/mol. The van der Waals surface area contributed by atoms with E-state index in [4.69, 9.17) is 0 Å². The molecule has 3 rings (SSSR count). The van der Waals surface area contributed by atoms with E-state index in [2.05, 4.69) is 15.4 Å². The third-order valence-corrected chi connectivity index (χ3v) is 4.80. The van der Waals surface area contributed by atoms with Gasteiger partial charge in [0.05, 0.1) is 6.54 Å². The Labute approximate surface area is 159 Å². The second-order valence-electron chi connectivity index (χ2n) is 8.10. The molecule has 0 spiro atoms. The first-order valence-electron chi connectivity index (χ1n) is 9.34. The van der Waals surface area contributed by atoms with Crippen LogP contribution in [0.5, 0.6) is 0 Å². The molecule has 7 nitrogen and oxygen atoms in total. The van der Waals surface area contributed by atoms with Crippen molar-refractivity contribution in [1.82, 2.24) is 19.7 Å². The molecule has 27 heavy (non-hydrogen) atoms. The van der Waals surface area contributed by atoms with Gasteiger partial charge in [-0.3, -0.25) is 9.59 Å². The summed E-state index contributed by atoms with van der Waals surface area (Å²) < 4.78 is 1.74. The van der Waals surface area contributed by atoms with E-state index < -0.39 is 0 Å². The average Bonchev–Trinajstić information content (AvgIpc) is 3.13. The van der Waals surface area contributed by atoms with Gasteiger partial charge in [-0.05, 0) is 30.5 Å². The van der Waals surface area contributed by atoms with E-state index in [-0.39, 0.29) is 23.1 Å². The number of carbonyl (C=O) groups is 2. The van der Waals surface area contributed by atoms with Crippen LogP contribution < -0.4 is 5.32 Å². The van der Waals surface area contributed by atoms with Gasteiger partial charge in [-0.15, -0.1) is 0 Å². The van der Waals surface area contributed by atoms with Gasteiger partial charge in [0.15, 0.2) is 0 Å². The molecule has 0 radical (unpaired) electrons. The van der Waals surface area contributed by atoms with Crippen molar-refractivity contribution >= 4 is 17.5 Å². The lowest BCUT2D eigenvalue weighted by Crippen LogP contribution is -2.45. The largest absolute Gasteiger partial charge is 0.342 e. The highest BCUT2D eigenvalue weighted by Crippen LogP contribution is 2.24. The Morgan fingerprint density at radius 3 is 2.59 bits per heavy atom. The molecule has 1 N–H and O–H groups in total. The number of hydrogen-bond acceptors (Lipinski definition) is 4. The molecule has 0 atom stereocenters. The molecule has 0 saturated carbocycles. The summed E-state index contributed by atoms with van der Waals surface area (Å²) >= 11 is 0. The molecule has 1 aromatic heterocycles. The van der Waals surface area contributed by atoms with Crippen LogP contribution in [0.3, 0.4) is 0 Å². The second-order valence-corrected chi connectivity index (χ2v) is 8.10. The van der Waals surface area contributed by atoms with Gasteiger partial charge < -0.3 is 10.2 Å². The topological polar surface area (TPSA) is 80.1 Å². The van der Waals surface area contributed by atoms with Crippen molar-refractivity contribution in [3.8, 4) is 0 Å². The van der Waals surface area contributed by atoms with Crippen LogP contribution in [0.15, 0.2) is 36.9 Å². The fourth-order valence-corrected chi connectivity index (χ4v) is 3.31. The number of hydrogen-bond donors (Lipinski definition) is 1. The highest BCUT2D eigenvalue weighted by atomic mass is 16.2. The van der Waals surface area contributed by atoms with E-state index in [1.165, 1.54) is 6.33 Å². The molecule has 1 aliphatic heterocycles. The van der Waals surface area contributed by atoms with Crippen LogP contribution in [-0.4, -0.2) is 44.6 Å². The summed E-state index contributed by atoms with van der Waals surface area (Å²) in [6.45, 7) is 7.68. The second kappa shape index (κ2) is 7.90. The van der Waals surface area contributed by atoms with Crippen LogP contribution in [0.4, 0.5) is 5.69 Å². The van der Waals surface area contributed by atoms with E-state index in [9.17, 15) is 9.59 Å². The first-order chi connectivity index (χ1) is 12.8. The summed E-state index contributed by atoms with van der Waals surface area (Å²) in [5.41, 5.74) is 1.45. The lowest BCUT2D eigenvalue weighted by Gasteiger charge is -2.35. The maximum atomic E-state index is 12.6. The molecule has 1 aromatic carbocycles. The van der Waals surface area contributed by atoms with Gasteiger partial charge >= 0.3 is 0 Å². The summed E-state index contributed by atoms with van der Waals surface area (Å²) in [4.78, 5) is 30.8. The van der Waals surface area contributed by atoms with Crippen LogP contribution in [0.25, 0.3) is 0 Å². The Hall–Kier alpha value is -2.70. The summed E-state index contributed by atoms with van der Waals surface area (Å²) in [6, 6.07) is 7.76. The van der Waals surface area contributed by atoms with E-state index in [0.717, 1.165) is 11.3 Å². The molecule has 0 aliphatic carbocycles.